The molecule has 9 heteroatoms. The lowest BCUT2D eigenvalue weighted by Gasteiger charge is -2.33. The summed E-state index contributed by atoms with van der Waals surface area (Å²) in [6, 6.07) is 8.64. The van der Waals surface area contributed by atoms with Crippen molar-refractivity contribution in [3.8, 4) is 10.6 Å². The molecule has 5 rings (SSSR count). The fraction of sp³-hybridized carbons (Fsp3) is 0.560. The van der Waals surface area contributed by atoms with Crippen molar-refractivity contribution in [2.24, 2.45) is 0 Å². The maximum absolute atomic E-state index is 12.8. The first-order valence-electron chi connectivity index (χ1n) is 12.4. The molecule has 2 fully saturated rings. The van der Waals surface area contributed by atoms with Crippen LogP contribution in [0.5, 0.6) is 0 Å². The molecule has 2 atom stereocenters. The predicted octanol–water partition coefficient (Wildman–Crippen LogP) is 3.74. The molecule has 2 aliphatic rings. The lowest BCUT2D eigenvalue weighted by molar-refractivity contribution is -0.134. The van der Waals surface area contributed by atoms with Gasteiger partial charge in [-0.3, -0.25) is 9.59 Å². The Labute approximate surface area is 204 Å². The van der Waals surface area contributed by atoms with Crippen LogP contribution in [0, 0.1) is 0 Å². The van der Waals surface area contributed by atoms with Gasteiger partial charge in [0.2, 0.25) is 16.8 Å². The van der Waals surface area contributed by atoms with Crippen molar-refractivity contribution < 1.29 is 9.59 Å². The van der Waals surface area contributed by atoms with Crippen LogP contribution < -0.4 is 0 Å². The molecule has 0 unspecified atom stereocenters. The van der Waals surface area contributed by atoms with E-state index >= 15 is 0 Å². The molecule has 0 aliphatic carbocycles. The number of carbonyl (C=O) groups excluding carboxylic acids is 2. The number of benzene rings is 1. The van der Waals surface area contributed by atoms with Crippen LogP contribution in [0.25, 0.3) is 15.5 Å². The van der Waals surface area contributed by atoms with Crippen molar-refractivity contribution in [2.45, 2.75) is 77.3 Å². The number of likely N-dealkylation sites (tertiary alicyclic amines) is 2. The number of hydrogen-bond acceptors (Lipinski definition) is 6. The van der Waals surface area contributed by atoms with E-state index in [9.17, 15) is 9.59 Å². The lowest BCUT2D eigenvalue weighted by Crippen LogP contribution is -2.43. The molecule has 2 amide bonds. The molecule has 8 nitrogen and oxygen atoms in total. The third-order valence-corrected chi connectivity index (χ3v) is 8.12. The van der Waals surface area contributed by atoms with E-state index in [2.05, 4.69) is 24.0 Å². The molecule has 2 saturated heterocycles. The molecule has 0 N–H and O–H groups in total. The average molecular weight is 481 g/mol. The van der Waals surface area contributed by atoms with E-state index in [4.69, 9.17) is 5.10 Å². The monoisotopic (exact) mass is 480 g/mol. The highest BCUT2D eigenvalue weighted by Crippen LogP contribution is 2.27. The molecular formula is C25H32N6O2S. The SMILES string of the molecule is C[C@@H]1CCCCN1C(=O)Cc1nnc2sc(-c3ccc(CC(=O)N4CCCC[C@@H]4C)cc3)nn12. The molecule has 0 saturated carbocycles. The Bertz CT molecular complexity index is 1170. The van der Waals surface area contributed by atoms with Gasteiger partial charge in [-0.15, -0.1) is 10.2 Å². The summed E-state index contributed by atoms with van der Waals surface area (Å²) in [7, 11) is 0. The van der Waals surface area contributed by atoms with E-state index in [-0.39, 0.29) is 24.3 Å². The fourth-order valence-corrected chi connectivity index (χ4v) is 5.96. The van der Waals surface area contributed by atoms with Crippen LogP contribution in [0.3, 0.4) is 0 Å². The molecule has 4 heterocycles. The molecule has 0 radical (unpaired) electrons. The van der Waals surface area contributed by atoms with Crippen molar-refractivity contribution in [3.63, 3.8) is 0 Å². The number of rotatable bonds is 5. The second-order valence-electron chi connectivity index (χ2n) is 9.63. The fourth-order valence-electron chi connectivity index (χ4n) is 5.10. The van der Waals surface area contributed by atoms with Gasteiger partial charge < -0.3 is 9.80 Å². The van der Waals surface area contributed by atoms with E-state index in [0.717, 1.165) is 54.9 Å². The third-order valence-electron chi connectivity index (χ3n) is 7.17. The number of nitrogens with zero attached hydrogens (tertiary/aromatic N) is 6. The van der Waals surface area contributed by atoms with Crippen LogP contribution in [-0.4, -0.2) is 66.6 Å². The van der Waals surface area contributed by atoms with Gasteiger partial charge in [-0.1, -0.05) is 35.6 Å². The molecule has 1 aromatic carbocycles. The van der Waals surface area contributed by atoms with Crippen molar-refractivity contribution in [3.05, 3.63) is 35.7 Å². The first kappa shape index (κ1) is 23.0. The van der Waals surface area contributed by atoms with Crippen LogP contribution in [-0.2, 0) is 22.4 Å². The summed E-state index contributed by atoms with van der Waals surface area (Å²) in [6.45, 7) is 5.94. The van der Waals surface area contributed by atoms with Crippen molar-refractivity contribution >= 4 is 28.1 Å². The Hall–Kier alpha value is -2.81. The number of carbonyl (C=O) groups is 2. The molecule has 2 aromatic heterocycles. The van der Waals surface area contributed by atoms with Crippen LogP contribution in [0.2, 0.25) is 0 Å². The van der Waals surface area contributed by atoms with E-state index in [0.29, 0.717) is 23.2 Å². The van der Waals surface area contributed by atoms with Gasteiger partial charge >= 0.3 is 0 Å². The first-order valence-corrected chi connectivity index (χ1v) is 13.2. The Morgan fingerprint density at radius 2 is 1.50 bits per heavy atom. The molecule has 0 bridgehead atoms. The van der Waals surface area contributed by atoms with Gasteiger partial charge in [0.1, 0.15) is 5.01 Å². The largest absolute Gasteiger partial charge is 0.340 e. The molecule has 34 heavy (non-hydrogen) atoms. The van der Waals surface area contributed by atoms with Crippen molar-refractivity contribution in [1.82, 2.24) is 29.6 Å². The van der Waals surface area contributed by atoms with E-state index < -0.39 is 0 Å². The molecule has 0 spiro atoms. The molecule has 3 aromatic rings. The second-order valence-corrected chi connectivity index (χ2v) is 10.6. The zero-order chi connectivity index (χ0) is 23.7. The summed E-state index contributed by atoms with van der Waals surface area (Å²) in [5.41, 5.74) is 1.98. The van der Waals surface area contributed by atoms with Crippen molar-refractivity contribution in [1.29, 1.82) is 0 Å². The number of piperidine rings is 2. The minimum atomic E-state index is 0.0908. The Morgan fingerprint density at radius 3 is 2.12 bits per heavy atom. The number of amides is 2. The summed E-state index contributed by atoms with van der Waals surface area (Å²) < 4.78 is 1.70. The van der Waals surface area contributed by atoms with Gasteiger partial charge in [0.05, 0.1) is 12.8 Å². The predicted molar refractivity (Wildman–Crippen MR) is 132 cm³/mol. The van der Waals surface area contributed by atoms with Gasteiger partial charge in [-0.25, -0.2) is 0 Å². The smallest absolute Gasteiger partial charge is 0.234 e. The average Bonchev–Trinajstić information content (AvgIpc) is 3.42. The minimum Gasteiger partial charge on any atom is -0.340 e. The minimum absolute atomic E-state index is 0.0908. The molecule has 2 aliphatic heterocycles. The summed E-state index contributed by atoms with van der Waals surface area (Å²) >= 11 is 1.46. The topological polar surface area (TPSA) is 83.7 Å². The second kappa shape index (κ2) is 9.82. The normalized spacial score (nSPS) is 21.2. The highest BCUT2D eigenvalue weighted by molar-refractivity contribution is 7.19. The number of hydrogen-bond donors (Lipinski definition) is 0. The summed E-state index contributed by atoms with van der Waals surface area (Å²) in [5, 5.41) is 14.0. The number of aromatic nitrogens is 4. The zero-order valence-electron chi connectivity index (χ0n) is 19.9. The number of fused-ring (bicyclic) bond motifs is 1. The standard InChI is InChI=1S/C25H32N6O2S/c1-17-7-3-5-13-29(17)22(32)15-19-9-11-20(12-10-19)24-28-31-21(26-27-25(31)34-24)16-23(33)30-14-6-4-8-18(30)2/h9-12,17-18H,3-8,13-16H2,1-2H3/t17-,18+/m0/s1. The van der Waals surface area contributed by atoms with Gasteiger partial charge in [0.25, 0.3) is 0 Å². The Kier molecular flexibility index (Phi) is 6.63. The summed E-state index contributed by atoms with van der Waals surface area (Å²) in [5.74, 6) is 0.877. The van der Waals surface area contributed by atoms with Crippen LogP contribution >= 0.6 is 11.3 Å². The Morgan fingerprint density at radius 1 is 0.882 bits per heavy atom. The van der Waals surface area contributed by atoms with Crippen LogP contribution in [0.1, 0.15) is 63.8 Å². The quantitative estimate of drug-likeness (QED) is 0.556. The molecular weight excluding hydrogens is 448 g/mol. The van der Waals surface area contributed by atoms with Gasteiger partial charge in [0, 0.05) is 30.7 Å². The van der Waals surface area contributed by atoms with Gasteiger partial charge in [-0.05, 0) is 57.9 Å². The summed E-state index contributed by atoms with van der Waals surface area (Å²) in [4.78, 5) is 30.3. The molecule has 180 valence electrons. The zero-order valence-corrected chi connectivity index (χ0v) is 20.8. The maximum atomic E-state index is 12.8. The first-order chi connectivity index (χ1) is 16.5. The van der Waals surface area contributed by atoms with Crippen molar-refractivity contribution in [2.75, 3.05) is 13.1 Å². The maximum Gasteiger partial charge on any atom is 0.234 e. The van der Waals surface area contributed by atoms with E-state index in [1.54, 1.807) is 4.52 Å². The van der Waals surface area contributed by atoms with Gasteiger partial charge in [0.15, 0.2) is 5.82 Å². The lowest BCUT2D eigenvalue weighted by atomic mass is 10.0. The summed E-state index contributed by atoms with van der Waals surface area (Å²) in [6.07, 6.45) is 7.34. The third kappa shape index (κ3) is 4.71. The van der Waals surface area contributed by atoms with E-state index in [1.165, 1.54) is 24.2 Å². The van der Waals surface area contributed by atoms with E-state index in [1.807, 2.05) is 34.1 Å². The highest BCUT2D eigenvalue weighted by Gasteiger charge is 2.26. The van der Waals surface area contributed by atoms with Gasteiger partial charge in [-0.2, -0.15) is 9.61 Å². The highest BCUT2D eigenvalue weighted by atomic mass is 32.1. The Balaban J connectivity index is 1.27. The van der Waals surface area contributed by atoms with Crippen LogP contribution in [0.15, 0.2) is 24.3 Å². The van der Waals surface area contributed by atoms with Crippen LogP contribution in [0.4, 0.5) is 0 Å².